The predicted molar refractivity (Wildman–Crippen MR) is 112 cm³/mol. The summed E-state index contributed by atoms with van der Waals surface area (Å²) >= 11 is 0. The Balaban J connectivity index is 1.38. The molecule has 0 aliphatic carbocycles. The van der Waals surface area contributed by atoms with Crippen molar-refractivity contribution in [2.75, 3.05) is 7.11 Å². The van der Waals surface area contributed by atoms with Crippen LogP contribution in [0.3, 0.4) is 0 Å². The fraction of sp³-hybridized carbons (Fsp3) is 0.125. The maximum Gasteiger partial charge on any atom is 0.374 e. The number of hydrogen-bond acceptors (Lipinski definition) is 7. The number of methoxy groups -OCH3 is 1. The maximum absolute atomic E-state index is 12.3. The van der Waals surface area contributed by atoms with Crippen LogP contribution in [0.1, 0.15) is 33.6 Å². The third kappa shape index (κ3) is 4.56. The van der Waals surface area contributed by atoms with Gasteiger partial charge in [-0.1, -0.05) is 29.4 Å². The molecular weight excluding hydrogens is 398 g/mol. The third-order valence-electron chi connectivity index (χ3n) is 4.67. The van der Waals surface area contributed by atoms with E-state index in [1.807, 2.05) is 24.3 Å². The standard InChI is InChI=1S/C24H19NO6/c1-15(26)16-3-5-18(6-4-16)22-11-12-23(30-22)24(27)29-14-20-13-21(25-31-20)17-7-9-19(28-2)10-8-17/h3-13H,14H2,1-2H3. The van der Waals surface area contributed by atoms with Crippen molar-refractivity contribution in [3.05, 3.63) is 83.8 Å². The molecule has 0 bridgehead atoms. The summed E-state index contributed by atoms with van der Waals surface area (Å²) < 4.78 is 21.3. The topological polar surface area (TPSA) is 91.8 Å². The fourth-order valence-corrected chi connectivity index (χ4v) is 2.96. The zero-order valence-electron chi connectivity index (χ0n) is 17.0. The largest absolute Gasteiger partial charge is 0.497 e. The minimum atomic E-state index is -0.617. The second-order valence-corrected chi connectivity index (χ2v) is 6.78. The van der Waals surface area contributed by atoms with E-state index in [4.69, 9.17) is 18.4 Å². The van der Waals surface area contributed by atoms with Crippen LogP contribution in [0.15, 0.2) is 75.7 Å². The van der Waals surface area contributed by atoms with Crippen LogP contribution in [0.2, 0.25) is 0 Å². The van der Waals surface area contributed by atoms with Crippen LogP contribution < -0.4 is 4.74 Å². The number of benzene rings is 2. The van der Waals surface area contributed by atoms with Gasteiger partial charge < -0.3 is 18.4 Å². The number of furan rings is 1. The number of esters is 1. The molecule has 0 N–H and O–H groups in total. The second kappa shape index (κ2) is 8.71. The molecule has 7 heteroatoms. The summed E-state index contributed by atoms with van der Waals surface area (Å²) in [5.74, 6) is 1.09. The van der Waals surface area contributed by atoms with E-state index in [0.29, 0.717) is 22.8 Å². The van der Waals surface area contributed by atoms with E-state index in [2.05, 4.69) is 5.16 Å². The van der Waals surface area contributed by atoms with Gasteiger partial charge in [-0.25, -0.2) is 4.79 Å². The van der Waals surface area contributed by atoms with E-state index in [1.165, 1.54) is 6.92 Å². The van der Waals surface area contributed by atoms with Gasteiger partial charge in [0.25, 0.3) is 0 Å². The van der Waals surface area contributed by atoms with Gasteiger partial charge in [0.1, 0.15) is 17.2 Å². The quantitative estimate of drug-likeness (QED) is 0.303. The van der Waals surface area contributed by atoms with E-state index in [0.717, 1.165) is 16.9 Å². The van der Waals surface area contributed by atoms with Crippen molar-refractivity contribution in [1.82, 2.24) is 5.16 Å². The molecule has 31 heavy (non-hydrogen) atoms. The van der Waals surface area contributed by atoms with Crippen LogP contribution in [0.5, 0.6) is 5.75 Å². The highest BCUT2D eigenvalue weighted by molar-refractivity contribution is 5.94. The molecule has 0 atom stereocenters. The van der Waals surface area contributed by atoms with Gasteiger partial charge in [0.05, 0.1) is 7.11 Å². The van der Waals surface area contributed by atoms with Crippen LogP contribution in [0.4, 0.5) is 0 Å². The molecule has 7 nitrogen and oxygen atoms in total. The van der Waals surface area contributed by atoms with E-state index >= 15 is 0 Å². The number of aromatic nitrogens is 1. The molecule has 0 spiro atoms. The highest BCUT2D eigenvalue weighted by Crippen LogP contribution is 2.25. The third-order valence-corrected chi connectivity index (χ3v) is 4.67. The van der Waals surface area contributed by atoms with E-state index < -0.39 is 5.97 Å². The number of nitrogens with zero attached hydrogens (tertiary/aromatic N) is 1. The van der Waals surface area contributed by atoms with Gasteiger partial charge in [-0.3, -0.25) is 4.79 Å². The van der Waals surface area contributed by atoms with E-state index in [-0.39, 0.29) is 18.2 Å². The minimum absolute atomic E-state index is 0.0159. The fourth-order valence-electron chi connectivity index (χ4n) is 2.96. The van der Waals surface area contributed by atoms with Crippen molar-refractivity contribution in [3.63, 3.8) is 0 Å². The molecule has 0 saturated heterocycles. The number of Topliss-reactive ketones (excluding diaryl/α,β-unsaturated/α-hetero) is 1. The zero-order valence-corrected chi connectivity index (χ0v) is 17.0. The van der Waals surface area contributed by atoms with Gasteiger partial charge in [0.15, 0.2) is 18.2 Å². The van der Waals surface area contributed by atoms with Crippen molar-refractivity contribution < 1.29 is 28.0 Å². The summed E-state index contributed by atoms with van der Waals surface area (Å²) in [6.07, 6.45) is 0. The first kappa shape index (κ1) is 20.2. The van der Waals surface area contributed by atoms with E-state index in [1.54, 1.807) is 49.6 Å². The molecule has 2 heterocycles. The normalized spacial score (nSPS) is 10.6. The van der Waals surface area contributed by atoms with Gasteiger partial charge in [0, 0.05) is 22.8 Å². The van der Waals surface area contributed by atoms with Crippen molar-refractivity contribution in [2.45, 2.75) is 13.5 Å². The lowest BCUT2D eigenvalue weighted by Crippen LogP contribution is -2.03. The van der Waals surface area contributed by atoms with Crippen LogP contribution in [0, 0.1) is 0 Å². The van der Waals surface area contributed by atoms with Gasteiger partial charge in [-0.05, 0) is 43.3 Å². The average molecular weight is 417 g/mol. The van der Waals surface area contributed by atoms with Gasteiger partial charge >= 0.3 is 5.97 Å². The Morgan fingerprint density at radius 2 is 1.65 bits per heavy atom. The number of ketones is 1. The molecule has 0 fully saturated rings. The zero-order chi connectivity index (χ0) is 21.8. The Hall–Kier alpha value is -4.13. The highest BCUT2D eigenvalue weighted by Gasteiger charge is 2.16. The van der Waals surface area contributed by atoms with Gasteiger partial charge in [-0.2, -0.15) is 0 Å². The molecule has 156 valence electrons. The Labute approximate surface area is 178 Å². The first-order valence-corrected chi connectivity index (χ1v) is 9.52. The summed E-state index contributed by atoms with van der Waals surface area (Å²) in [6, 6.07) is 19.2. The molecule has 0 aliphatic rings. The van der Waals surface area contributed by atoms with Crippen molar-refractivity contribution in [3.8, 4) is 28.3 Å². The number of hydrogen-bond donors (Lipinski definition) is 0. The van der Waals surface area contributed by atoms with Gasteiger partial charge in [0.2, 0.25) is 5.76 Å². The number of ether oxygens (including phenoxy) is 2. The van der Waals surface area contributed by atoms with E-state index in [9.17, 15) is 9.59 Å². The van der Waals surface area contributed by atoms with Crippen LogP contribution in [-0.4, -0.2) is 24.0 Å². The summed E-state index contributed by atoms with van der Waals surface area (Å²) in [4.78, 5) is 23.7. The molecule has 0 amide bonds. The monoisotopic (exact) mass is 417 g/mol. The lowest BCUT2D eigenvalue weighted by atomic mass is 10.1. The first-order valence-electron chi connectivity index (χ1n) is 9.52. The van der Waals surface area contributed by atoms with Gasteiger partial charge in [-0.15, -0.1) is 0 Å². The highest BCUT2D eigenvalue weighted by atomic mass is 16.6. The lowest BCUT2D eigenvalue weighted by molar-refractivity contribution is 0.0402. The molecule has 4 aromatic rings. The average Bonchev–Trinajstić information content (AvgIpc) is 3.48. The molecule has 0 saturated carbocycles. The second-order valence-electron chi connectivity index (χ2n) is 6.78. The summed E-state index contributed by atoms with van der Waals surface area (Å²) in [6.45, 7) is 1.43. The SMILES string of the molecule is COc1ccc(-c2cc(COC(=O)c3ccc(-c4ccc(C(C)=O)cc4)o3)on2)cc1. The van der Waals surface area contributed by atoms with Crippen LogP contribution >= 0.6 is 0 Å². The van der Waals surface area contributed by atoms with Crippen molar-refractivity contribution in [1.29, 1.82) is 0 Å². The molecule has 0 radical (unpaired) electrons. The first-order chi connectivity index (χ1) is 15.0. The molecule has 0 aliphatic heterocycles. The Morgan fingerprint density at radius 1 is 0.935 bits per heavy atom. The summed E-state index contributed by atoms with van der Waals surface area (Å²) in [7, 11) is 1.60. The smallest absolute Gasteiger partial charge is 0.374 e. The number of carbonyl (C=O) groups excluding carboxylic acids is 2. The van der Waals surface area contributed by atoms with Crippen molar-refractivity contribution in [2.24, 2.45) is 0 Å². The summed E-state index contributed by atoms with van der Waals surface area (Å²) in [5, 5.41) is 4.00. The number of rotatable bonds is 7. The van der Waals surface area contributed by atoms with Crippen LogP contribution in [0.25, 0.3) is 22.6 Å². The predicted octanol–water partition coefficient (Wildman–Crippen LogP) is 5.17. The maximum atomic E-state index is 12.3. The van der Waals surface area contributed by atoms with Crippen molar-refractivity contribution >= 4 is 11.8 Å². The Kier molecular flexibility index (Phi) is 5.66. The lowest BCUT2D eigenvalue weighted by Gasteiger charge is -2.01. The Bertz CT molecular complexity index is 1200. The molecule has 0 unspecified atom stereocenters. The Morgan fingerprint density at radius 3 is 2.32 bits per heavy atom. The molecular formula is C24H19NO6. The summed E-state index contributed by atoms with van der Waals surface area (Å²) in [5.41, 5.74) is 2.84. The van der Waals surface area contributed by atoms with Crippen LogP contribution in [-0.2, 0) is 11.3 Å². The molecule has 2 aromatic carbocycles. The number of carbonyl (C=O) groups is 2. The minimum Gasteiger partial charge on any atom is -0.497 e. The molecule has 2 aromatic heterocycles. The molecule has 4 rings (SSSR count).